The topological polar surface area (TPSA) is 90.3 Å². The Kier molecular flexibility index (Phi) is 5.22. The number of benzene rings is 1. The molecule has 2 aromatic rings. The number of rotatable bonds is 5. The summed E-state index contributed by atoms with van der Waals surface area (Å²) in [4.78, 5) is 13.0. The van der Waals surface area contributed by atoms with E-state index in [0.29, 0.717) is 11.7 Å². The van der Waals surface area contributed by atoms with E-state index in [2.05, 4.69) is 20.9 Å². The molecule has 2 aliphatic rings. The maximum Gasteiger partial charge on any atom is 0.236 e. The van der Waals surface area contributed by atoms with Gasteiger partial charge in [-0.15, -0.1) is 10.2 Å². The lowest BCUT2D eigenvalue weighted by Gasteiger charge is -2.33. The van der Waals surface area contributed by atoms with E-state index in [1.165, 1.54) is 11.8 Å². The van der Waals surface area contributed by atoms with Gasteiger partial charge < -0.3 is 20.2 Å². The third-order valence-electron chi connectivity index (χ3n) is 4.86. The summed E-state index contributed by atoms with van der Waals surface area (Å²) in [6.07, 6.45) is 2.16. The molecule has 0 spiro atoms. The summed E-state index contributed by atoms with van der Waals surface area (Å²) < 4.78 is 12.7. The number of hydrogen-bond donors (Lipinski definition) is 2. The average molecular weight is 389 g/mol. The molecular formula is C18H23N5O3S. The van der Waals surface area contributed by atoms with Crippen LogP contribution in [-0.2, 0) is 9.53 Å². The van der Waals surface area contributed by atoms with Gasteiger partial charge >= 0.3 is 0 Å². The highest BCUT2D eigenvalue weighted by Gasteiger charge is 2.37. The molecule has 0 unspecified atom stereocenters. The van der Waals surface area contributed by atoms with Crippen molar-refractivity contribution in [1.82, 2.24) is 20.2 Å². The van der Waals surface area contributed by atoms with Crippen molar-refractivity contribution in [2.75, 3.05) is 25.7 Å². The molecule has 0 aliphatic carbocycles. The van der Waals surface area contributed by atoms with Gasteiger partial charge in [-0.1, -0.05) is 23.9 Å². The molecule has 3 atom stereocenters. The van der Waals surface area contributed by atoms with Crippen LogP contribution in [0, 0.1) is 6.92 Å². The molecule has 4 rings (SSSR count). The third kappa shape index (κ3) is 3.74. The Morgan fingerprint density at radius 1 is 1.41 bits per heavy atom. The van der Waals surface area contributed by atoms with Crippen molar-refractivity contribution in [2.45, 2.75) is 42.3 Å². The van der Waals surface area contributed by atoms with Gasteiger partial charge in [-0.3, -0.25) is 4.79 Å². The van der Waals surface area contributed by atoms with Gasteiger partial charge in [-0.25, -0.2) is 4.68 Å². The molecule has 1 aromatic heterocycles. The number of thioether (sulfide) groups is 1. The van der Waals surface area contributed by atoms with E-state index in [1.807, 2.05) is 35.9 Å². The minimum atomic E-state index is -0.365. The van der Waals surface area contributed by atoms with E-state index >= 15 is 0 Å². The molecule has 1 amide bonds. The summed E-state index contributed by atoms with van der Waals surface area (Å²) in [7, 11) is 1.64. The molecule has 0 radical (unpaired) electrons. The first kappa shape index (κ1) is 18.1. The number of fused-ring (bicyclic) bond motifs is 1. The number of nitrogens with zero attached hydrogens (tertiary/aromatic N) is 3. The lowest BCUT2D eigenvalue weighted by Crippen LogP contribution is -2.45. The normalized spacial score (nSPS) is 24.1. The number of carbonyl (C=O) groups is 1. The number of ether oxygens (including phenoxy) is 2. The Hall–Kier alpha value is -2.26. The van der Waals surface area contributed by atoms with Gasteiger partial charge in [0, 0.05) is 13.2 Å². The van der Waals surface area contributed by atoms with E-state index in [4.69, 9.17) is 9.47 Å². The van der Waals surface area contributed by atoms with Crippen LogP contribution in [0.4, 0.5) is 0 Å². The van der Waals surface area contributed by atoms with E-state index < -0.39 is 0 Å². The monoisotopic (exact) mass is 389 g/mol. The second kappa shape index (κ2) is 7.77. The van der Waals surface area contributed by atoms with Crippen LogP contribution in [-0.4, -0.2) is 52.4 Å². The number of aryl methyl sites for hydroxylation is 1. The summed E-state index contributed by atoms with van der Waals surface area (Å²) in [5, 5.41) is 11.7. The second-order valence-corrected chi connectivity index (χ2v) is 7.77. The third-order valence-corrected chi connectivity index (χ3v) is 6.07. The number of nitrogens with one attached hydrogen (secondary N) is 2. The molecule has 3 heterocycles. The molecule has 0 saturated carbocycles. The number of amides is 1. The van der Waals surface area contributed by atoms with Crippen molar-refractivity contribution in [3.05, 3.63) is 35.7 Å². The first-order chi connectivity index (χ1) is 13.2. The molecule has 27 heavy (non-hydrogen) atoms. The lowest BCUT2D eigenvalue weighted by molar-refractivity contribution is -0.121. The summed E-state index contributed by atoms with van der Waals surface area (Å²) in [5.41, 5.74) is 4.40. The molecule has 1 aromatic carbocycles. The van der Waals surface area contributed by atoms with Crippen LogP contribution in [0.3, 0.4) is 0 Å². The lowest BCUT2D eigenvalue weighted by atomic mass is 10.0. The summed E-state index contributed by atoms with van der Waals surface area (Å²) >= 11 is 1.42. The highest BCUT2D eigenvalue weighted by atomic mass is 32.2. The van der Waals surface area contributed by atoms with Crippen LogP contribution in [0.5, 0.6) is 5.75 Å². The van der Waals surface area contributed by atoms with Crippen molar-refractivity contribution in [1.29, 1.82) is 0 Å². The number of aromatic nitrogens is 3. The Morgan fingerprint density at radius 2 is 2.22 bits per heavy atom. The van der Waals surface area contributed by atoms with Crippen LogP contribution >= 0.6 is 11.8 Å². The predicted octanol–water partition coefficient (Wildman–Crippen LogP) is 1.65. The molecule has 1 fully saturated rings. The Morgan fingerprint density at radius 3 is 2.93 bits per heavy atom. The molecule has 8 nitrogen and oxygen atoms in total. The van der Waals surface area contributed by atoms with Gasteiger partial charge in [0.15, 0.2) is 0 Å². The standard InChI is InChI=1S/C18H23N5O3S/c1-11-20-21-18-23(11)22-15(12-5-7-13(25-2)8-6-12)16(27-18)17(24)19-10-14-4-3-9-26-14/h5-8,14-16,22H,3-4,9-10H2,1-2H3,(H,19,24)/t14-,15+,16+/m0/s1. The van der Waals surface area contributed by atoms with Gasteiger partial charge in [-0.2, -0.15) is 0 Å². The van der Waals surface area contributed by atoms with Crippen molar-refractivity contribution in [2.24, 2.45) is 0 Å². The largest absolute Gasteiger partial charge is 0.497 e. The van der Waals surface area contributed by atoms with Crippen LogP contribution in [0.1, 0.15) is 30.3 Å². The molecule has 2 aliphatic heterocycles. The quantitative estimate of drug-likeness (QED) is 0.803. The van der Waals surface area contributed by atoms with E-state index in [1.54, 1.807) is 7.11 Å². The molecule has 9 heteroatoms. The minimum absolute atomic E-state index is 0.0317. The van der Waals surface area contributed by atoms with E-state index in [0.717, 1.165) is 36.6 Å². The molecule has 0 bridgehead atoms. The van der Waals surface area contributed by atoms with Crippen molar-refractivity contribution in [3.63, 3.8) is 0 Å². The highest BCUT2D eigenvalue weighted by molar-refractivity contribution is 8.00. The maximum atomic E-state index is 13.0. The Labute approximate surface area is 162 Å². The van der Waals surface area contributed by atoms with Gasteiger partial charge in [0.1, 0.15) is 16.8 Å². The van der Waals surface area contributed by atoms with Gasteiger partial charge in [0.2, 0.25) is 11.1 Å². The van der Waals surface area contributed by atoms with E-state index in [9.17, 15) is 4.79 Å². The molecule has 2 N–H and O–H groups in total. The van der Waals surface area contributed by atoms with Gasteiger partial charge in [0.05, 0.1) is 19.3 Å². The zero-order valence-electron chi connectivity index (χ0n) is 15.3. The van der Waals surface area contributed by atoms with Crippen LogP contribution in [0.25, 0.3) is 0 Å². The fourth-order valence-electron chi connectivity index (χ4n) is 3.34. The fraction of sp³-hybridized carbons (Fsp3) is 0.500. The smallest absolute Gasteiger partial charge is 0.236 e. The Balaban J connectivity index is 1.56. The Bertz CT molecular complexity index is 804. The second-order valence-electron chi connectivity index (χ2n) is 6.66. The van der Waals surface area contributed by atoms with Crippen molar-refractivity contribution < 1.29 is 14.3 Å². The summed E-state index contributed by atoms with van der Waals surface area (Å²) in [6.45, 7) is 3.20. The van der Waals surface area contributed by atoms with Crippen LogP contribution in [0.2, 0.25) is 0 Å². The zero-order valence-corrected chi connectivity index (χ0v) is 16.2. The summed E-state index contributed by atoms with van der Waals surface area (Å²) in [6, 6.07) is 7.53. The van der Waals surface area contributed by atoms with Crippen molar-refractivity contribution in [3.8, 4) is 5.75 Å². The van der Waals surface area contributed by atoms with Crippen LogP contribution in [0.15, 0.2) is 29.4 Å². The molecule has 144 valence electrons. The zero-order chi connectivity index (χ0) is 18.8. The molecular weight excluding hydrogens is 366 g/mol. The van der Waals surface area contributed by atoms with Gasteiger partial charge in [-0.05, 0) is 37.5 Å². The number of hydrogen-bond acceptors (Lipinski definition) is 7. The SMILES string of the molecule is COc1ccc([C@H]2Nn3c(C)nnc3S[C@H]2C(=O)NC[C@@H]2CCCO2)cc1. The fourth-order valence-corrected chi connectivity index (χ4v) is 4.49. The van der Waals surface area contributed by atoms with E-state index in [-0.39, 0.29) is 23.3 Å². The predicted molar refractivity (Wildman–Crippen MR) is 101 cm³/mol. The first-order valence-corrected chi connectivity index (χ1v) is 9.92. The van der Waals surface area contributed by atoms with Gasteiger partial charge in [0.25, 0.3) is 0 Å². The molecule has 1 saturated heterocycles. The highest BCUT2D eigenvalue weighted by Crippen LogP contribution is 2.37. The number of methoxy groups -OCH3 is 1. The number of carbonyl (C=O) groups excluding carboxylic acids is 1. The van der Waals surface area contributed by atoms with Crippen molar-refractivity contribution >= 4 is 17.7 Å². The summed E-state index contributed by atoms with van der Waals surface area (Å²) in [5.74, 6) is 1.51. The minimum Gasteiger partial charge on any atom is -0.497 e. The average Bonchev–Trinajstić information content (AvgIpc) is 3.35. The maximum absolute atomic E-state index is 13.0. The first-order valence-electron chi connectivity index (χ1n) is 9.04. The van der Waals surface area contributed by atoms with Crippen LogP contribution < -0.4 is 15.5 Å².